The minimum atomic E-state index is -0.467. The Hall–Kier alpha value is -3.53. The second kappa shape index (κ2) is 7.47. The number of hydrogen-bond acceptors (Lipinski definition) is 5. The van der Waals surface area contributed by atoms with Crippen LogP contribution in [0.25, 0.3) is 0 Å². The Morgan fingerprint density at radius 1 is 0.913 bits per heavy atom. The van der Waals surface area contributed by atoms with Crippen molar-refractivity contribution < 1.29 is 9.85 Å². The molecule has 0 aromatic heterocycles. The third-order valence-corrected chi connectivity index (χ3v) is 2.83. The molecule has 2 aromatic rings. The average Bonchev–Trinajstić information content (AvgIpc) is 2.55. The van der Waals surface area contributed by atoms with E-state index in [0.717, 1.165) is 5.56 Å². The molecule has 0 fully saturated rings. The Bertz CT molecular complexity index is 800. The molecule has 23 heavy (non-hydrogen) atoms. The lowest BCUT2D eigenvalue weighted by molar-refractivity contribution is -0.385. The van der Waals surface area contributed by atoms with E-state index in [0.29, 0.717) is 5.56 Å². The Morgan fingerprint density at radius 2 is 1.43 bits per heavy atom. The SMILES string of the molecule is O=[N+]([O-])c1ccc(C#CCN=Cc2ccc([N+](=O)[O-])cc2)cc1. The van der Waals surface area contributed by atoms with Crippen LogP contribution in [0.2, 0.25) is 0 Å². The van der Waals surface area contributed by atoms with Crippen LogP contribution in [0, 0.1) is 32.1 Å². The number of aliphatic imine (C=N–C) groups is 1. The number of hydrogen-bond donors (Lipinski definition) is 0. The van der Waals surface area contributed by atoms with Crippen molar-refractivity contribution in [2.24, 2.45) is 4.99 Å². The van der Waals surface area contributed by atoms with Crippen molar-refractivity contribution in [3.8, 4) is 11.8 Å². The summed E-state index contributed by atoms with van der Waals surface area (Å²) in [6.07, 6.45) is 1.58. The zero-order valence-electron chi connectivity index (χ0n) is 11.9. The molecule has 0 N–H and O–H groups in total. The molecule has 0 saturated carbocycles. The van der Waals surface area contributed by atoms with Gasteiger partial charge in [0.1, 0.15) is 6.54 Å². The minimum absolute atomic E-state index is 0.0201. The van der Waals surface area contributed by atoms with Gasteiger partial charge in [0.25, 0.3) is 11.4 Å². The van der Waals surface area contributed by atoms with Gasteiger partial charge in [-0.3, -0.25) is 25.2 Å². The summed E-state index contributed by atoms with van der Waals surface area (Å²) < 4.78 is 0. The van der Waals surface area contributed by atoms with Crippen LogP contribution in [-0.2, 0) is 0 Å². The van der Waals surface area contributed by atoms with Crippen LogP contribution in [0.3, 0.4) is 0 Å². The molecule has 0 atom stereocenters. The van der Waals surface area contributed by atoms with Gasteiger partial charge in [-0.05, 0) is 29.8 Å². The van der Waals surface area contributed by atoms with Crippen molar-refractivity contribution in [1.82, 2.24) is 0 Å². The first-order chi connectivity index (χ1) is 11.1. The molecule has 0 aliphatic heterocycles. The van der Waals surface area contributed by atoms with Gasteiger partial charge in [0.05, 0.1) is 9.85 Å². The van der Waals surface area contributed by atoms with Crippen LogP contribution in [0.1, 0.15) is 11.1 Å². The van der Waals surface area contributed by atoms with Crippen LogP contribution in [-0.4, -0.2) is 22.6 Å². The van der Waals surface area contributed by atoms with Crippen molar-refractivity contribution in [2.45, 2.75) is 0 Å². The van der Waals surface area contributed by atoms with Crippen molar-refractivity contribution in [2.75, 3.05) is 6.54 Å². The summed E-state index contributed by atoms with van der Waals surface area (Å²) in [4.78, 5) is 24.2. The molecule has 0 unspecified atom stereocenters. The van der Waals surface area contributed by atoms with Crippen molar-refractivity contribution >= 4 is 17.6 Å². The fraction of sp³-hybridized carbons (Fsp3) is 0.0625. The molecular weight excluding hydrogens is 298 g/mol. The van der Waals surface area contributed by atoms with E-state index in [9.17, 15) is 20.2 Å². The van der Waals surface area contributed by atoms with E-state index in [4.69, 9.17) is 0 Å². The summed E-state index contributed by atoms with van der Waals surface area (Å²) in [7, 11) is 0. The first kappa shape index (κ1) is 15.9. The molecule has 2 rings (SSSR count). The van der Waals surface area contributed by atoms with Gasteiger partial charge >= 0.3 is 0 Å². The Labute approximate surface area is 131 Å². The largest absolute Gasteiger partial charge is 0.280 e. The predicted octanol–water partition coefficient (Wildman–Crippen LogP) is 2.97. The molecule has 114 valence electrons. The van der Waals surface area contributed by atoms with Gasteiger partial charge in [-0.2, -0.15) is 0 Å². The second-order valence-corrected chi connectivity index (χ2v) is 4.42. The topological polar surface area (TPSA) is 98.6 Å². The third kappa shape index (κ3) is 4.75. The highest BCUT2D eigenvalue weighted by molar-refractivity contribution is 5.80. The average molecular weight is 309 g/mol. The summed E-state index contributed by atoms with van der Waals surface area (Å²) in [5.41, 5.74) is 1.46. The van der Waals surface area contributed by atoms with E-state index in [-0.39, 0.29) is 17.9 Å². The first-order valence-electron chi connectivity index (χ1n) is 6.54. The van der Waals surface area contributed by atoms with Crippen LogP contribution >= 0.6 is 0 Å². The van der Waals surface area contributed by atoms with Gasteiger partial charge in [0.2, 0.25) is 0 Å². The summed E-state index contributed by atoms with van der Waals surface area (Å²) in [5.74, 6) is 5.67. The molecule has 0 bridgehead atoms. The second-order valence-electron chi connectivity index (χ2n) is 4.42. The quantitative estimate of drug-likeness (QED) is 0.375. The van der Waals surface area contributed by atoms with Gasteiger partial charge < -0.3 is 0 Å². The smallest absolute Gasteiger partial charge is 0.269 e. The zero-order chi connectivity index (χ0) is 16.7. The van der Waals surface area contributed by atoms with Gasteiger partial charge in [0, 0.05) is 36.0 Å². The fourth-order valence-electron chi connectivity index (χ4n) is 1.69. The lowest BCUT2D eigenvalue weighted by atomic mass is 10.2. The molecule has 7 heteroatoms. The molecule has 0 aliphatic carbocycles. The van der Waals surface area contributed by atoms with Crippen LogP contribution in [0.4, 0.5) is 11.4 Å². The predicted molar refractivity (Wildman–Crippen MR) is 85.5 cm³/mol. The number of nitrogens with zero attached hydrogens (tertiary/aromatic N) is 3. The Balaban J connectivity index is 1.91. The van der Waals surface area contributed by atoms with E-state index >= 15 is 0 Å². The third-order valence-electron chi connectivity index (χ3n) is 2.83. The van der Waals surface area contributed by atoms with E-state index < -0.39 is 9.85 Å². The van der Waals surface area contributed by atoms with Crippen molar-refractivity contribution in [3.63, 3.8) is 0 Å². The monoisotopic (exact) mass is 309 g/mol. The molecule has 0 amide bonds. The van der Waals surface area contributed by atoms with Gasteiger partial charge in [0.15, 0.2) is 0 Å². The minimum Gasteiger partial charge on any atom is -0.280 e. The highest BCUT2D eigenvalue weighted by atomic mass is 16.6. The Kier molecular flexibility index (Phi) is 5.15. The Morgan fingerprint density at radius 3 is 1.96 bits per heavy atom. The first-order valence-corrected chi connectivity index (χ1v) is 6.54. The molecular formula is C16H11N3O4. The van der Waals surface area contributed by atoms with E-state index in [1.807, 2.05) is 0 Å². The summed E-state index contributed by atoms with van der Waals surface area (Å²) >= 11 is 0. The number of nitro groups is 2. The summed E-state index contributed by atoms with van der Waals surface area (Å²) in [6, 6.07) is 12.0. The van der Waals surface area contributed by atoms with E-state index in [1.54, 1.807) is 30.5 Å². The molecule has 2 aromatic carbocycles. The van der Waals surface area contributed by atoms with E-state index in [1.165, 1.54) is 24.3 Å². The van der Waals surface area contributed by atoms with E-state index in [2.05, 4.69) is 16.8 Å². The summed E-state index contributed by atoms with van der Waals surface area (Å²) in [5, 5.41) is 21.0. The normalized spacial score (nSPS) is 10.1. The highest BCUT2D eigenvalue weighted by Gasteiger charge is 2.02. The van der Waals surface area contributed by atoms with Crippen LogP contribution < -0.4 is 0 Å². The maximum atomic E-state index is 10.5. The maximum absolute atomic E-state index is 10.5. The molecule has 0 radical (unpaired) electrons. The van der Waals surface area contributed by atoms with Crippen molar-refractivity contribution in [3.05, 3.63) is 79.9 Å². The number of rotatable bonds is 4. The molecule has 0 saturated heterocycles. The number of nitro benzene ring substituents is 2. The lowest BCUT2D eigenvalue weighted by Gasteiger charge is -1.92. The standard InChI is InChI=1S/C16H11N3O4/c20-18(21)15-7-3-13(4-8-15)2-1-11-17-12-14-5-9-16(10-6-14)19(22)23/h3-10,12H,11H2. The van der Waals surface area contributed by atoms with Gasteiger partial charge in [-0.25, -0.2) is 0 Å². The van der Waals surface area contributed by atoms with Crippen molar-refractivity contribution in [1.29, 1.82) is 0 Å². The van der Waals surface area contributed by atoms with Crippen LogP contribution in [0.15, 0.2) is 53.5 Å². The van der Waals surface area contributed by atoms with Crippen LogP contribution in [0.5, 0.6) is 0 Å². The summed E-state index contributed by atoms with van der Waals surface area (Å²) in [6.45, 7) is 0.258. The lowest BCUT2D eigenvalue weighted by Crippen LogP contribution is -1.88. The molecule has 0 spiro atoms. The maximum Gasteiger partial charge on any atom is 0.269 e. The van der Waals surface area contributed by atoms with Gasteiger partial charge in [-0.15, -0.1) is 0 Å². The number of non-ortho nitro benzene ring substituents is 2. The number of benzene rings is 2. The van der Waals surface area contributed by atoms with Gasteiger partial charge in [-0.1, -0.05) is 11.8 Å². The fourth-order valence-corrected chi connectivity index (χ4v) is 1.69. The highest BCUT2D eigenvalue weighted by Crippen LogP contribution is 2.11. The molecule has 7 nitrogen and oxygen atoms in total. The molecule has 0 heterocycles. The zero-order valence-corrected chi connectivity index (χ0v) is 11.9. The molecule has 0 aliphatic rings.